The summed E-state index contributed by atoms with van der Waals surface area (Å²) in [7, 11) is 1.65. The second kappa shape index (κ2) is 5.71. The van der Waals surface area contributed by atoms with Crippen molar-refractivity contribution in [2.24, 2.45) is 0 Å². The first-order valence-corrected chi connectivity index (χ1v) is 6.91. The molecular weight excluding hydrogens is 360 g/mol. The first-order chi connectivity index (χ1) is 8.60. The number of halogens is 2. The molecule has 0 spiro atoms. The fraction of sp³-hybridized carbons (Fsp3) is 0.154. The van der Waals surface area contributed by atoms with Crippen LogP contribution in [0.25, 0.3) is 0 Å². The molecular formula is C13H12Br2N2O. The third-order valence-electron chi connectivity index (χ3n) is 2.47. The second-order valence-electron chi connectivity index (χ2n) is 3.79. The Labute approximate surface area is 123 Å². The van der Waals surface area contributed by atoms with Gasteiger partial charge >= 0.3 is 0 Å². The van der Waals surface area contributed by atoms with Crippen molar-refractivity contribution in [2.45, 2.75) is 6.92 Å². The summed E-state index contributed by atoms with van der Waals surface area (Å²) in [6, 6.07) is 7.77. The number of aryl methyl sites for hydroxylation is 1. The molecule has 0 amide bonds. The number of pyridine rings is 1. The number of methoxy groups -OCH3 is 1. The van der Waals surface area contributed by atoms with Crippen molar-refractivity contribution in [1.29, 1.82) is 0 Å². The Balaban J connectivity index is 2.33. The van der Waals surface area contributed by atoms with Gasteiger partial charge in [0.25, 0.3) is 0 Å². The molecule has 0 atom stereocenters. The summed E-state index contributed by atoms with van der Waals surface area (Å²) in [5.74, 6) is 1.56. The van der Waals surface area contributed by atoms with E-state index in [2.05, 4.69) is 42.2 Å². The van der Waals surface area contributed by atoms with Crippen LogP contribution in [0.4, 0.5) is 11.5 Å². The fourth-order valence-corrected chi connectivity index (χ4v) is 2.10. The second-order valence-corrected chi connectivity index (χ2v) is 5.56. The van der Waals surface area contributed by atoms with Gasteiger partial charge < -0.3 is 10.1 Å². The molecule has 1 aromatic carbocycles. The fourth-order valence-electron chi connectivity index (χ4n) is 1.52. The number of anilines is 2. The van der Waals surface area contributed by atoms with Crippen LogP contribution in [0.1, 0.15) is 5.56 Å². The van der Waals surface area contributed by atoms with Crippen molar-refractivity contribution < 1.29 is 4.74 Å². The lowest BCUT2D eigenvalue weighted by molar-refractivity contribution is 0.416. The van der Waals surface area contributed by atoms with Gasteiger partial charge in [0.05, 0.1) is 12.8 Å². The molecule has 3 nitrogen and oxygen atoms in total. The number of benzene rings is 1. The zero-order valence-electron chi connectivity index (χ0n) is 10.00. The number of aromatic nitrogens is 1. The predicted octanol–water partition coefficient (Wildman–Crippen LogP) is 4.67. The Morgan fingerprint density at radius 1 is 1.22 bits per heavy atom. The predicted molar refractivity (Wildman–Crippen MR) is 80.7 cm³/mol. The molecule has 5 heteroatoms. The van der Waals surface area contributed by atoms with Crippen molar-refractivity contribution >= 4 is 43.4 Å². The van der Waals surface area contributed by atoms with E-state index in [9.17, 15) is 0 Å². The minimum atomic E-state index is 0.778. The van der Waals surface area contributed by atoms with E-state index in [1.54, 1.807) is 13.3 Å². The lowest BCUT2D eigenvalue weighted by atomic mass is 10.2. The third-order valence-corrected chi connectivity index (χ3v) is 3.79. The van der Waals surface area contributed by atoms with E-state index < -0.39 is 0 Å². The van der Waals surface area contributed by atoms with Gasteiger partial charge in [0, 0.05) is 15.1 Å². The molecule has 2 aromatic rings. The standard InChI is InChI=1S/C13H12Br2N2O/c1-8-5-13(16-7-10(8)15)17-11-6-9(14)3-4-12(11)18-2/h3-7H,1-2H3,(H,16,17). The van der Waals surface area contributed by atoms with Crippen LogP contribution in [-0.4, -0.2) is 12.1 Å². The zero-order valence-corrected chi connectivity index (χ0v) is 13.2. The van der Waals surface area contributed by atoms with Crippen LogP contribution in [0.2, 0.25) is 0 Å². The number of ether oxygens (including phenoxy) is 1. The summed E-state index contributed by atoms with van der Waals surface area (Å²) >= 11 is 6.87. The summed E-state index contributed by atoms with van der Waals surface area (Å²) in [5.41, 5.74) is 2.00. The number of hydrogen-bond acceptors (Lipinski definition) is 3. The molecule has 0 unspecified atom stereocenters. The minimum Gasteiger partial charge on any atom is -0.495 e. The van der Waals surface area contributed by atoms with E-state index >= 15 is 0 Å². The topological polar surface area (TPSA) is 34.1 Å². The zero-order chi connectivity index (χ0) is 13.1. The Morgan fingerprint density at radius 2 is 2.00 bits per heavy atom. The summed E-state index contributed by atoms with van der Waals surface area (Å²) in [5, 5.41) is 3.25. The Morgan fingerprint density at radius 3 is 2.67 bits per heavy atom. The Hall–Kier alpha value is -1.07. The van der Waals surface area contributed by atoms with Gasteiger partial charge in [-0.25, -0.2) is 4.98 Å². The molecule has 0 saturated heterocycles. The molecule has 1 heterocycles. The number of rotatable bonds is 3. The highest BCUT2D eigenvalue weighted by Crippen LogP contribution is 2.30. The summed E-state index contributed by atoms with van der Waals surface area (Å²) in [6.07, 6.45) is 1.78. The molecule has 94 valence electrons. The lowest BCUT2D eigenvalue weighted by Crippen LogP contribution is -1.97. The molecule has 0 saturated carbocycles. The monoisotopic (exact) mass is 370 g/mol. The van der Waals surface area contributed by atoms with Crippen molar-refractivity contribution in [3.63, 3.8) is 0 Å². The molecule has 0 aliphatic heterocycles. The minimum absolute atomic E-state index is 0.778. The van der Waals surface area contributed by atoms with Crippen molar-refractivity contribution in [1.82, 2.24) is 4.98 Å². The molecule has 0 radical (unpaired) electrons. The Kier molecular flexibility index (Phi) is 4.24. The average Bonchev–Trinajstić information content (AvgIpc) is 2.34. The van der Waals surface area contributed by atoms with Crippen molar-refractivity contribution in [2.75, 3.05) is 12.4 Å². The lowest BCUT2D eigenvalue weighted by Gasteiger charge is -2.11. The largest absolute Gasteiger partial charge is 0.495 e. The van der Waals surface area contributed by atoms with Crippen LogP contribution < -0.4 is 10.1 Å². The maximum Gasteiger partial charge on any atom is 0.142 e. The van der Waals surface area contributed by atoms with E-state index in [0.717, 1.165) is 31.8 Å². The molecule has 0 fully saturated rings. The van der Waals surface area contributed by atoms with E-state index in [0.29, 0.717) is 0 Å². The van der Waals surface area contributed by atoms with Crippen LogP contribution in [0, 0.1) is 6.92 Å². The SMILES string of the molecule is COc1ccc(Br)cc1Nc1cc(C)c(Br)cn1. The van der Waals surface area contributed by atoms with Crippen LogP contribution in [0.5, 0.6) is 5.75 Å². The first-order valence-electron chi connectivity index (χ1n) is 5.33. The quantitative estimate of drug-likeness (QED) is 0.851. The van der Waals surface area contributed by atoms with Gasteiger partial charge in [-0.3, -0.25) is 0 Å². The first kappa shape index (κ1) is 13.4. The maximum absolute atomic E-state index is 5.31. The van der Waals surface area contributed by atoms with Crippen LogP contribution in [0.15, 0.2) is 39.4 Å². The molecule has 0 aliphatic rings. The molecule has 1 aromatic heterocycles. The van der Waals surface area contributed by atoms with Gasteiger partial charge in [-0.2, -0.15) is 0 Å². The van der Waals surface area contributed by atoms with E-state index in [1.807, 2.05) is 31.2 Å². The highest BCUT2D eigenvalue weighted by Gasteiger charge is 2.05. The number of nitrogens with one attached hydrogen (secondary N) is 1. The molecule has 18 heavy (non-hydrogen) atoms. The highest BCUT2D eigenvalue weighted by molar-refractivity contribution is 9.10. The van der Waals surface area contributed by atoms with Gasteiger partial charge in [0.1, 0.15) is 11.6 Å². The maximum atomic E-state index is 5.31. The normalized spacial score (nSPS) is 10.2. The van der Waals surface area contributed by atoms with Crippen LogP contribution in [0.3, 0.4) is 0 Å². The van der Waals surface area contributed by atoms with Gasteiger partial charge in [0.2, 0.25) is 0 Å². The van der Waals surface area contributed by atoms with Gasteiger partial charge in [0.15, 0.2) is 0 Å². The molecule has 0 aliphatic carbocycles. The molecule has 1 N–H and O–H groups in total. The van der Waals surface area contributed by atoms with Crippen molar-refractivity contribution in [3.8, 4) is 5.75 Å². The average molecular weight is 372 g/mol. The van der Waals surface area contributed by atoms with Crippen LogP contribution in [-0.2, 0) is 0 Å². The summed E-state index contributed by atoms with van der Waals surface area (Å²) in [4.78, 5) is 4.31. The van der Waals surface area contributed by atoms with E-state index in [4.69, 9.17) is 4.74 Å². The number of nitrogens with zero attached hydrogens (tertiary/aromatic N) is 1. The third kappa shape index (κ3) is 3.03. The van der Waals surface area contributed by atoms with E-state index in [-0.39, 0.29) is 0 Å². The summed E-state index contributed by atoms with van der Waals surface area (Å²) < 4.78 is 7.29. The van der Waals surface area contributed by atoms with Gasteiger partial charge in [-0.05, 0) is 52.7 Å². The highest BCUT2D eigenvalue weighted by atomic mass is 79.9. The molecule has 2 rings (SSSR count). The molecule has 0 bridgehead atoms. The Bertz CT molecular complexity index is 573. The van der Waals surface area contributed by atoms with Crippen molar-refractivity contribution in [3.05, 3.63) is 45.0 Å². The van der Waals surface area contributed by atoms with Gasteiger partial charge in [-0.1, -0.05) is 15.9 Å². The smallest absolute Gasteiger partial charge is 0.142 e. The summed E-state index contributed by atoms with van der Waals surface area (Å²) in [6.45, 7) is 2.02. The number of hydrogen-bond donors (Lipinski definition) is 1. The van der Waals surface area contributed by atoms with Crippen LogP contribution >= 0.6 is 31.9 Å². The van der Waals surface area contributed by atoms with E-state index in [1.165, 1.54) is 0 Å². The van der Waals surface area contributed by atoms with Gasteiger partial charge in [-0.15, -0.1) is 0 Å².